The van der Waals surface area contributed by atoms with E-state index in [0.717, 1.165) is 37.4 Å². The smallest absolute Gasteiger partial charge is 0.125 e. The summed E-state index contributed by atoms with van der Waals surface area (Å²) in [5, 5.41) is 0. The van der Waals surface area contributed by atoms with Crippen LogP contribution in [-0.2, 0) is 19.4 Å². The largest absolute Gasteiger partial charge is 0.497 e. The van der Waals surface area contributed by atoms with Crippen molar-refractivity contribution >= 4 is 0 Å². The summed E-state index contributed by atoms with van der Waals surface area (Å²) in [5.74, 6) is 1.75. The highest BCUT2D eigenvalue weighted by molar-refractivity contribution is 5.41. The lowest BCUT2D eigenvalue weighted by Crippen LogP contribution is -2.38. The predicted molar refractivity (Wildman–Crippen MR) is 93.3 cm³/mol. The van der Waals surface area contributed by atoms with Gasteiger partial charge >= 0.3 is 0 Å². The minimum Gasteiger partial charge on any atom is -0.497 e. The molecule has 23 heavy (non-hydrogen) atoms. The van der Waals surface area contributed by atoms with Gasteiger partial charge in [0, 0.05) is 25.2 Å². The van der Waals surface area contributed by atoms with Gasteiger partial charge in [0.25, 0.3) is 0 Å². The van der Waals surface area contributed by atoms with E-state index in [9.17, 15) is 0 Å². The second-order valence-corrected chi connectivity index (χ2v) is 6.22. The van der Waals surface area contributed by atoms with Crippen LogP contribution in [0.25, 0.3) is 0 Å². The lowest BCUT2D eigenvalue weighted by Gasteiger charge is -2.34. The molecule has 1 aliphatic heterocycles. The quantitative estimate of drug-likeness (QED) is 0.840. The molecular formula is C20H25NO2. The maximum absolute atomic E-state index is 5.53. The maximum atomic E-state index is 5.53. The van der Waals surface area contributed by atoms with Crippen LogP contribution >= 0.6 is 0 Å². The van der Waals surface area contributed by atoms with E-state index in [-0.39, 0.29) is 0 Å². The third-order valence-corrected chi connectivity index (χ3v) is 4.79. The predicted octanol–water partition coefficient (Wildman–Crippen LogP) is 3.69. The molecule has 1 aliphatic rings. The Bertz CT molecular complexity index is 668. The van der Waals surface area contributed by atoms with E-state index in [0.29, 0.717) is 6.04 Å². The van der Waals surface area contributed by atoms with Crippen LogP contribution in [0.2, 0.25) is 0 Å². The highest BCUT2D eigenvalue weighted by Gasteiger charge is 2.21. The average Bonchev–Trinajstić information content (AvgIpc) is 2.61. The Morgan fingerprint density at radius 1 is 1.04 bits per heavy atom. The van der Waals surface area contributed by atoms with Crippen LogP contribution in [0.4, 0.5) is 0 Å². The summed E-state index contributed by atoms with van der Waals surface area (Å²) in [5.41, 5.74) is 4.20. The van der Waals surface area contributed by atoms with E-state index < -0.39 is 0 Å². The van der Waals surface area contributed by atoms with Gasteiger partial charge in [-0.15, -0.1) is 0 Å². The third-order valence-electron chi connectivity index (χ3n) is 4.79. The Morgan fingerprint density at radius 3 is 2.57 bits per heavy atom. The van der Waals surface area contributed by atoms with Gasteiger partial charge in [0.15, 0.2) is 0 Å². The summed E-state index contributed by atoms with van der Waals surface area (Å²) < 4.78 is 10.8. The lowest BCUT2D eigenvalue weighted by atomic mass is 9.97. The molecule has 0 spiro atoms. The molecule has 122 valence electrons. The van der Waals surface area contributed by atoms with Gasteiger partial charge in [-0.3, -0.25) is 4.90 Å². The van der Waals surface area contributed by atoms with Gasteiger partial charge in [0.05, 0.1) is 14.2 Å². The van der Waals surface area contributed by atoms with Crippen molar-refractivity contribution in [1.82, 2.24) is 4.90 Å². The first kappa shape index (κ1) is 15.9. The molecule has 0 saturated carbocycles. The first-order valence-electron chi connectivity index (χ1n) is 8.23. The summed E-state index contributed by atoms with van der Waals surface area (Å²) in [7, 11) is 3.41. The number of ether oxygens (including phenoxy) is 2. The van der Waals surface area contributed by atoms with Crippen LogP contribution in [0, 0.1) is 0 Å². The Balaban J connectivity index is 1.71. The Morgan fingerprint density at radius 2 is 1.83 bits per heavy atom. The van der Waals surface area contributed by atoms with Gasteiger partial charge < -0.3 is 9.47 Å². The van der Waals surface area contributed by atoms with Crippen LogP contribution in [-0.4, -0.2) is 31.7 Å². The monoisotopic (exact) mass is 311 g/mol. The normalized spacial score (nSPS) is 15.8. The summed E-state index contributed by atoms with van der Waals surface area (Å²) in [6.45, 7) is 4.46. The number of hydrogen-bond donors (Lipinski definition) is 0. The molecule has 0 aliphatic carbocycles. The van der Waals surface area contributed by atoms with Crippen LogP contribution in [0.15, 0.2) is 42.5 Å². The lowest BCUT2D eigenvalue weighted by molar-refractivity contribution is 0.189. The fourth-order valence-electron chi connectivity index (χ4n) is 3.36. The Kier molecular flexibility index (Phi) is 4.87. The SMILES string of the molecule is COc1ccc(CC(C)N2CCc3ccccc3C2)c(OC)c1. The number of nitrogens with zero attached hydrogens (tertiary/aromatic N) is 1. The molecule has 0 saturated heterocycles. The molecule has 3 rings (SSSR count). The van der Waals surface area contributed by atoms with Crippen molar-refractivity contribution in [2.45, 2.75) is 32.4 Å². The molecule has 0 bridgehead atoms. The molecule has 2 aromatic rings. The van der Waals surface area contributed by atoms with Gasteiger partial charge in [0.2, 0.25) is 0 Å². The van der Waals surface area contributed by atoms with Gasteiger partial charge in [-0.05, 0) is 42.5 Å². The average molecular weight is 311 g/mol. The van der Waals surface area contributed by atoms with Crippen LogP contribution in [0.3, 0.4) is 0 Å². The van der Waals surface area contributed by atoms with E-state index in [1.54, 1.807) is 14.2 Å². The number of methoxy groups -OCH3 is 2. The highest BCUT2D eigenvalue weighted by atomic mass is 16.5. The van der Waals surface area contributed by atoms with E-state index in [1.807, 2.05) is 12.1 Å². The number of rotatable bonds is 5. The maximum Gasteiger partial charge on any atom is 0.125 e. The van der Waals surface area contributed by atoms with Crippen LogP contribution in [0.1, 0.15) is 23.6 Å². The minimum atomic E-state index is 0.477. The Hall–Kier alpha value is -2.00. The zero-order chi connectivity index (χ0) is 16.2. The summed E-state index contributed by atoms with van der Waals surface area (Å²) in [6.07, 6.45) is 2.12. The Labute approximate surface area is 138 Å². The van der Waals surface area contributed by atoms with Gasteiger partial charge in [-0.25, -0.2) is 0 Å². The van der Waals surface area contributed by atoms with Crippen molar-refractivity contribution in [3.8, 4) is 11.5 Å². The van der Waals surface area contributed by atoms with Crippen molar-refractivity contribution < 1.29 is 9.47 Å². The molecule has 1 heterocycles. The molecule has 0 fully saturated rings. The van der Waals surface area contributed by atoms with Gasteiger partial charge in [0.1, 0.15) is 11.5 Å². The van der Waals surface area contributed by atoms with Crippen LogP contribution in [0.5, 0.6) is 11.5 Å². The zero-order valence-electron chi connectivity index (χ0n) is 14.2. The number of fused-ring (bicyclic) bond motifs is 1. The molecule has 0 N–H and O–H groups in total. The molecule has 0 aromatic heterocycles. The van der Waals surface area contributed by atoms with Crippen LogP contribution < -0.4 is 9.47 Å². The molecule has 3 heteroatoms. The fourth-order valence-corrected chi connectivity index (χ4v) is 3.36. The molecule has 0 radical (unpaired) electrons. The van der Waals surface area contributed by atoms with Crippen molar-refractivity contribution in [3.63, 3.8) is 0 Å². The molecule has 0 amide bonds. The van der Waals surface area contributed by atoms with E-state index >= 15 is 0 Å². The number of hydrogen-bond acceptors (Lipinski definition) is 3. The standard InChI is InChI=1S/C20H25NO2/c1-15(12-17-8-9-19(22-2)13-20(17)23-3)21-11-10-16-6-4-5-7-18(16)14-21/h4-9,13,15H,10-12,14H2,1-3H3. The molecule has 3 nitrogen and oxygen atoms in total. The van der Waals surface area contributed by atoms with Gasteiger partial charge in [-0.1, -0.05) is 30.3 Å². The summed E-state index contributed by atoms with van der Waals surface area (Å²) in [4.78, 5) is 2.56. The summed E-state index contributed by atoms with van der Waals surface area (Å²) >= 11 is 0. The van der Waals surface area contributed by atoms with Crippen molar-refractivity contribution in [1.29, 1.82) is 0 Å². The molecular weight excluding hydrogens is 286 g/mol. The molecule has 1 atom stereocenters. The molecule has 2 aromatic carbocycles. The topological polar surface area (TPSA) is 21.7 Å². The highest BCUT2D eigenvalue weighted by Crippen LogP contribution is 2.28. The van der Waals surface area contributed by atoms with E-state index in [2.05, 4.69) is 42.2 Å². The molecule has 1 unspecified atom stereocenters. The number of benzene rings is 2. The van der Waals surface area contributed by atoms with Crippen molar-refractivity contribution in [3.05, 3.63) is 59.2 Å². The van der Waals surface area contributed by atoms with Gasteiger partial charge in [-0.2, -0.15) is 0 Å². The van der Waals surface area contributed by atoms with E-state index in [1.165, 1.54) is 16.7 Å². The fraction of sp³-hybridized carbons (Fsp3) is 0.400. The summed E-state index contributed by atoms with van der Waals surface area (Å²) in [6, 6.07) is 15.4. The zero-order valence-corrected chi connectivity index (χ0v) is 14.2. The third kappa shape index (κ3) is 3.50. The first-order valence-corrected chi connectivity index (χ1v) is 8.23. The second-order valence-electron chi connectivity index (χ2n) is 6.22. The first-order chi connectivity index (χ1) is 11.2. The van der Waals surface area contributed by atoms with Crippen molar-refractivity contribution in [2.24, 2.45) is 0 Å². The second kappa shape index (κ2) is 7.05. The minimum absolute atomic E-state index is 0.477. The van der Waals surface area contributed by atoms with E-state index in [4.69, 9.17) is 9.47 Å². The van der Waals surface area contributed by atoms with Crippen molar-refractivity contribution in [2.75, 3.05) is 20.8 Å².